The third kappa shape index (κ3) is 3.44. The summed E-state index contributed by atoms with van der Waals surface area (Å²) in [5, 5.41) is 6.48. The Bertz CT molecular complexity index is 578. The van der Waals surface area contributed by atoms with Gasteiger partial charge < -0.3 is 10.6 Å². The van der Waals surface area contributed by atoms with Crippen molar-refractivity contribution in [3.63, 3.8) is 0 Å². The minimum absolute atomic E-state index is 0.662. The predicted octanol–water partition coefficient (Wildman–Crippen LogP) is 3.58. The topological polar surface area (TPSA) is 49.8 Å². The molecule has 2 aromatic rings. The van der Waals surface area contributed by atoms with Crippen molar-refractivity contribution < 1.29 is 0 Å². The van der Waals surface area contributed by atoms with Crippen LogP contribution in [-0.2, 0) is 0 Å². The summed E-state index contributed by atoms with van der Waals surface area (Å²) in [6, 6.07) is 8.27. The lowest BCUT2D eigenvalue weighted by Crippen LogP contribution is -2.05. The Morgan fingerprint density at radius 2 is 1.84 bits per heavy atom. The lowest BCUT2D eigenvalue weighted by atomic mass is 10.1. The van der Waals surface area contributed by atoms with E-state index in [1.54, 1.807) is 0 Å². The Morgan fingerprint density at radius 1 is 1.05 bits per heavy atom. The fraction of sp³-hybridized carbons (Fsp3) is 0.333. The highest BCUT2D eigenvalue weighted by Crippen LogP contribution is 2.21. The number of aromatic nitrogens is 2. The van der Waals surface area contributed by atoms with E-state index in [4.69, 9.17) is 0 Å². The van der Waals surface area contributed by atoms with E-state index in [2.05, 4.69) is 52.6 Å². The van der Waals surface area contributed by atoms with Crippen LogP contribution in [0.5, 0.6) is 0 Å². The Labute approximate surface area is 114 Å². The Hall–Kier alpha value is -2.10. The Kier molecular flexibility index (Phi) is 4.00. The van der Waals surface area contributed by atoms with Crippen molar-refractivity contribution in [1.29, 1.82) is 0 Å². The summed E-state index contributed by atoms with van der Waals surface area (Å²) in [7, 11) is 0. The third-order valence-corrected chi connectivity index (χ3v) is 2.83. The third-order valence-electron chi connectivity index (χ3n) is 2.83. The summed E-state index contributed by atoms with van der Waals surface area (Å²) in [6.45, 7) is 8.99. The van der Waals surface area contributed by atoms with Crippen LogP contribution in [0.15, 0.2) is 24.3 Å². The average molecular weight is 256 g/mol. The van der Waals surface area contributed by atoms with Crippen molar-refractivity contribution in [3.8, 4) is 0 Å². The number of hydrogen-bond donors (Lipinski definition) is 2. The number of rotatable bonds is 4. The van der Waals surface area contributed by atoms with E-state index < -0.39 is 0 Å². The maximum atomic E-state index is 4.45. The van der Waals surface area contributed by atoms with E-state index in [0.717, 1.165) is 23.7 Å². The van der Waals surface area contributed by atoms with E-state index >= 15 is 0 Å². The highest BCUT2D eigenvalue weighted by atomic mass is 15.1. The number of aryl methyl sites for hydroxylation is 3. The molecule has 0 saturated carbocycles. The summed E-state index contributed by atoms with van der Waals surface area (Å²) in [4.78, 5) is 8.79. The van der Waals surface area contributed by atoms with Gasteiger partial charge in [0, 0.05) is 24.0 Å². The minimum atomic E-state index is 0.662. The van der Waals surface area contributed by atoms with Gasteiger partial charge in [-0.1, -0.05) is 17.7 Å². The molecule has 19 heavy (non-hydrogen) atoms. The zero-order valence-electron chi connectivity index (χ0n) is 11.9. The molecule has 0 unspecified atom stereocenters. The summed E-state index contributed by atoms with van der Waals surface area (Å²) in [5.41, 5.74) is 4.49. The molecule has 2 N–H and O–H groups in total. The van der Waals surface area contributed by atoms with Crippen LogP contribution in [0.2, 0.25) is 0 Å². The molecular weight excluding hydrogens is 236 g/mol. The molecule has 2 rings (SSSR count). The molecule has 0 saturated heterocycles. The van der Waals surface area contributed by atoms with E-state index in [1.165, 1.54) is 11.1 Å². The fourth-order valence-corrected chi connectivity index (χ4v) is 1.96. The molecule has 0 spiro atoms. The second-order valence-corrected chi connectivity index (χ2v) is 4.69. The quantitative estimate of drug-likeness (QED) is 0.878. The number of hydrogen-bond acceptors (Lipinski definition) is 4. The molecule has 4 heteroatoms. The van der Waals surface area contributed by atoms with Gasteiger partial charge in [-0.15, -0.1) is 0 Å². The molecule has 0 amide bonds. The van der Waals surface area contributed by atoms with Crippen LogP contribution in [0.1, 0.15) is 23.7 Å². The molecular formula is C15H20N4. The molecule has 0 bridgehead atoms. The molecule has 0 fully saturated rings. The second-order valence-electron chi connectivity index (χ2n) is 4.69. The molecule has 0 aliphatic heterocycles. The zero-order valence-corrected chi connectivity index (χ0v) is 11.9. The molecule has 1 aromatic carbocycles. The first-order chi connectivity index (χ1) is 9.08. The molecule has 4 nitrogen and oxygen atoms in total. The number of nitrogens with zero attached hydrogens (tertiary/aromatic N) is 2. The molecule has 1 heterocycles. The molecule has 0 atom stereocenters. The molecule has 100 valence electrons. The van der Waals surface area contributed by atoms with Crippen LogP contribution in [0.25, 0.3) is 0 Å². The zero-order chi connectivity index (χ0) is 13.8. The van der Waals surface area contributed by atoms with Crippen LogP contribution in [0, 0.1) is 20.8 Å². The highest BCUT2D eigenvalue weighted by Gasteiger charge is 2.04. The van der Waals surface area contributed by atoms with E-state index in [-0.39, 0.29) is 0 Å². The number of benzene rings is 1. The van der Waals surface area contributed by atoms with Gasteiger partial charge in [0.25, 0.3) is 0 Å². The van der Waals surface area contributed by atoms with Gasteiger partial charge in [-0.2, -0.15) is 4.98 Å². The van der Waals surface area contributed by atoms with Crippen molar-refractivity contribution in [3.05, 3.63) is 41.1 Å². The predicted molar refractivity (Wildman–Crippen MR) is 80.1 cm³/mol. The van der Waals surface area contributed by atoms with Gasteiger partial charge in [0.2, 0.25) is 5.95 Å². The SMILES string of the molecule is CCNc1nc(C)cc(Nc2ccc(C)cc2C)n1. The standard InChI is InChI=1S/C15H20N4/c1-5-16-15-17-12(4)9-14(19-15)18-13-7-6-10(2)8-11(13)3/h6-9H,5H2,1-4H3,(H2,16,17,18,19). The lowest BCUT2D eigenvalue weighted by Gasteiger charge is -2.11. The summed E-state index contributed by atoms with van der Waals surface area (Å²) >= 11 is 0. The minimum Gasteiger partial charge on any atom is -0.354 e. The summed E-state index contributed by atoms with van der Waals surface area (Å²) in [5.74, 6) is 1.48. The highest BCUT2D eigenvalue weighted by molar-refractivity contribution is 5.61. The van der Waals surface area contributed by atoms with Gasteiger partial charge in [0.05, 0.1) is 0 Å². The number of anilines is 3. The monoisotopic (exact) mass is 256 g/mol. The van der Waals surface area contributed by atoms with Crippen molar-refractivity contribution in [1.82, 2.24) is 9.97 Å². The van der Waals surface area contributed by atoms with Crippen LogP contribution in [0.3, 0.4) is 0 Å². The molecule has 0 aliphatic carbocycles. The van der Waals surface area contributed by atoms with Crippen LogP contribution < -0.4 is 10.6 Å². The largest absolute Gasteiger partial charge is 0.354 e. The Balaban J connectivity index is 2.27. The lowest BCUT2D eigenvalue weighted by molar-refractivity contribution is 1.05. The van der Waals surface area contributed by atoms with Crippen LogP contribution >= 0.6 is 0 Å². The van der Waals surface area contributed by atoms with Crippen LogP contribution in [-0.4, -0.2) is 16.5 Å². The average Bonchev–Trinajstić information content (AvgIpc) is 2.32. The first-order valence-corrected chi connectivity index (χ1v) is 6.52. The van der Waals surface area contributed by atoms with E-state index in [9.17, 15) is 0 Å². The normalized spacial score (nSPS) is 10.3. The summed E-state index contributed by atoms with van der Waals surface area (Å²) in [6.07, 6.45) is 0. The smallest absolute Gasteiger partial charge is 0.224 e. The van der Waals surface area contributed by atoms with Crippen molar-refractivity contribution >= 4 is 17.5 Å². The van der Waals surface area contributed by atoms with Crippen LogP contribution in [0.4, 0.5) is 17.5 Å². The van der Waals surface area contributed by atoms with Gasteiger partial charge in [0.1, 0.15) is 5.82 Å². The van der Waals surface area contributed by atoms with Crippen molar-refractivity contribution in [2.45, 2.75) is 27.7 Å². The van der Waals surface area contributed by atoms with Gasteiger partial charge in [-0.3, -0.25) is 0 Å². The maximum absolute atomic E-state index is 4.45. The summed E-state index contributed by atoms with van der Waals surface area (Å²) < 4.78 is 0. The molecule has 1 aromatic heterocycles. The van der Waals surface area contributed by atoms with Gasteiger partial charge >= 0.3 is 0 Å². The number of nitrogens with one attached hydrogen (secondary N) is 2. The molecule has 0 aliphatic rings. The van der Waals surface area contributed by atoms with Gasteiger partial charge in [-0.25, -0.2) is 4.98 Å². The first kappa shape index (κ1) is 13.3. The van der Waals surface area contributed by atoms with Crippen molar-refractivity contribution in [2.24, 2.45) is 0 Å². The maximum Gasteiger partial charge on any atom is 0.224 e. The van der Waals surface area contributed by atoms with Gasteiger partial charge in [0.15, 0.2) is 0 Å². The Morgan fingerprint density at radius 3 is 2.53 bits per heavy atom. The van der Waals surface area contributed by atoms with Gasteiger partial charge in [-0.05, 0) is 39.3 Å². The fourth-order valence-electron chi connectivity index (χ4n) is 1.96. The van der Waals surface area contributed by atoms with Crippen molar-refractivity contribution in [2.75, 3.05) is 17.2 Å². The van der Waals surface area contributed by atoms with E-state index in [0.29, 0.717) is 5.95 Å². The first-order valence-electron chi connectivity index (χ1n) is 6.52. The van der Waals surface area contributed by atoms with E-state index in [1.807, 2.05) is 19.9 Å². The molecule has 0 radical (unpaired) electrons. The second kappa shape index (κ2) is 5.69.